The number of rotatable bonds is 6. The molecular formula is C59H46Au2P2+2. The SMILES string of the molecule is CC(C)([PH+](c1ccccc1)c1ccccc1)[PH+](c1ccccc1)c1ccccc1.[Au+].[Au+].[C-]#Cc1c2ccccc2cc2ccccc12.[C-]#Cc1c2ccccc2cc2ccccc12. The molecule has 0 saturated carbocycles. The molecule has 0 amide bonds. The normalized spacial score (nSPS) is 10.7. The van der Waals surface area contributed by atoms with Gasteiger partial charge in [-0.15, -0.1) is 11.1 Å². The Bertz CT molecular complexity index is 2730. The Kier molecular flexibility index (Phi) is 16.7. The third kappa shape index (κ3) is 10.6. The molecule has 0 heterocycles. The summed E-state index contributed by atoms with van der Waals surface area (Å²) >= 11 is 0. The Labute approximate surface area is 406 Å². The zero-order valence-electron chi connectivity index (χ0n) is 35.0. The average Bonchev–Trinajstić information content (AvgIpc) is 3.31. The maximum atomic E-state index is 7.46. The second-order valence-electron chi connectivity index (χ2n) is 15.5. The summed E-state index contributed by atoms with van der Waals surface area (Å²) in [5, 5.41) is 15.0. The fraction of sp³-hybridized carbons (Fsp3) is 0.0508. The summed E-state index contributed by atoms with van der Waals surface area (Å²) in [6.07, 6.45) is 14.9. The summed E-state index contributed by atoms with van der Waals surface area (Å²) in [7, 11) is -2.05. The van der Waals surface area contributed by atoms with Crippen molar-refractivity contribution in [1.82, 2.24) is 0 Å². The number of hydrogen-bond acceptors (Lipinski definition) is 0. The zero-order chi connectivity index (χ0) is 42.0. The van der Waals surface area contributed by atoms with Crippen LogP contribution in [0.2, 0.25) is 0 Å². The Morgan fingerprint density at radius 2 is 0.524 bits per heavy atom. The van der Waals surface area contributed by atoms with E-state index in [1.165, 1.54) is 21.2 Å². The van der Waals surface area contributed by atoms with Gasteiger partial charge >= 0.3 is 44.8 Å². The minimum absolute atomic E-state index is 0. The molecule has 0 bridgehead atoms. The van der Waals surface area contributed by atoms with Crippen molar-refractivity contribution in [3.05, 3.63) is 254 Å². The molecule has 10 aromatic carbocycles. The second-order valence-corrected chi connectivity index (χ2v) is 22.3. The Morgan fingerprint density at radius 1 is 0.317 bits per heavy atom. The monoisotopic (exact) mass is 1210 g/mol. The summed E-state index contributed by atoms with van der Waals surface area (Å²) in [5.74, 6) is 5.13. The van der Waals surface area contributed by atoms with Crippen molar-refractivity contribution in [1.29, 1.82) is 0 Å². The number of benzene rings is 10. The van der Waals surface area contributed by atoms with Crippen molar-refractivity contribution in [2.24, 2.45) is 0 Å². The van der Waals surface area contributed by atoms with Gasteiger partial charge in [0.2, 0.25) is 0 Å². The first kappa shape index (κ1) is 47.2. The van der Waals surface area contributed by atoms with Crippen molar-refractivity contribution in [3.8, 4) is 11.8 Å². The van der Waals surface area contributed by atoms with E-state index in [9.17, 15) is 0 Å². The van der Waals surface area contributed by atoms with E-state index in [0.29, 0.717) is 0 Å². The van der Waals surface area contributed by atoms with Gasteiger partial charge in [-0.1, -0.05) is 191 Å². The van der Waals surface area contributed by atoms with E-state index in [0.717, 1.165) is 54.2 Å². The van der Waals surface area contributed by atoms with Gasteiger partial charge in [0, 0.05) is 13.8 Å². The van der Waals surface area contributed by atoms with Crippen LogP contribution in [0.5, 0.6) is 0 Å². The fourth-order valence-electron chi connectivity index (χ4n) is 8.62. The van der Waals surface area contributed by atoms with E-state index in [2.05, 4.69) is 183 Å². The van der Waals surface area contributed by atoms with E-state index in [1.54, 1.807) is 0 Å². The predicted molar refractivity (Wildman–Crippen MR) is 270 cm³/mol. The van der Waals surface area contributed by atoms with Crippen LogP contribution < -0.4 is 21.2 Å². The van der Waals surface area contributed by atoms with Crippen LogP contribution >= 0.6 is 15.8 Å². The molecule has 0 aromatic heterocycles. The van der Waals surface area contributed by atoms with Crippen LogP contribution in [0.3, 0.4) is 0 Å². The Hall–Kier alpha value is -5.30. The topological polar surface area (TPSA) is 0 Å². The molecule has 0 unspecified atom stereocenters. The smallest absolute Gasteiger partial charge is 0.366 e. The largest absolute Gasteiger partial charge is 1.00 e. The molecule has 0 aliphatic heterocycles. The van der Waals surface area contributed by atoms with E-state index in [-0.39, 0.29) is 49.7 Å². The summed E-state index contributed by atoms with van der Waals surface area (Å²) in [6.45, 7) is 5.02. The molecular weight excluding hydrogens is 1160 g/mol. The molecule has 0 nitrogen and oxygen atoms in total. The predicted octanol–water partition coefficient (Wildman–Crippen LogP) is 13.3. The third-order valence-electron chi connectivity index (χ3n) is 11.3. The molecule has 0 radical (unpaired) electrons. The summed E-state index contributed by atoms with van der Waals surface area (Å²) in [5.41, 5.74) is 1.77. The molecule has 63 heavy (non-hydrogen) atoms. The molecule has 10 aromatic rings. The first-order valence-corrected chi connectivity index (χ1v) is 23.6. The quantitative estimate of drug-likeness (QED) is 0.0512. The molecule has 0 N–H and O–H groups in total. The van der Waals surface area contributed by atoms with Crippen molar-refractivity contribution in [3.63, 3.8) is 0 Å². The van der Waals surface area contributed by atoms with Gasteiger partial charge in [-0.05, 0) is 82.2 Å². The van der Waals surface area contributed by atoms with Crippen LogP contribution in [0.4, 0.5) is 0 Å². The van der Waals surface area contributed by atoms with Crippen molar-refractivity contribution in [2.75, 3.05) is 0 Å². The van der Waals surface area contributed by atoms with Gasteiger partial charge in [-0.25, -0.2) is 0 Å². The van der Waals surface area contributed by atoms with Gasteiger partial charge in [-0.2, -0.15) is 0 Å². The van der Waals surface area contributed by atoms with Gasteiger partial charge in [-0.3, -0.25) is 11.8 Å². The molecule has 0 saturated heterocycles. The summed E-state index contributed by atoms with van der Waals surface area (Å²) < 4.78 is 0. The van der Waals surface area contributed by atoms with E-state index < -0.39 is 15.8 Å². The first-order chi connectivity index (χ1) is 30.0. The van der Waals surface area contributed by atoms with Gasteiger partial charge in [0.05, 0.1) is 0 Å². The number of fused-ring (bicyclic) bond motifs is 4. The van der Waals surface area contributed by atoms with Crippen LogP contribution in [0, 0.1) is 24.7 Å². The maximum Gasteiger partial charge on any atom is 1.00 e. The van der Waals surface area contributed by atoms with Crippen molar-refractivity contribution in [2.45, 2.75) is 18.7 Å². The Morgan fingerprint density at radius 3 is 0.746 bits per heavy atom. The van der Waals surface area contributed by atoms with Crippen molar-refractivity contribution < 1.29 is 44.8 Å². The van der Waals surface area contributed by atoms with E-state index in [1.807, 2.05) is 72.8 Å². The van der Waals surface area contributed by atoms with Gasteiger partial charge in [0.25, 0.3) is 0 Å². The van der Waals surface area contributed by atoms with E-state index >= 15 is 0 Å². The molecule has 0 aliphatic carbocycles. The van der Waals surface area contributed by atoms with Gasteiger partial charge in [0.1, 0.15) is 37.1 Å². The first-order valence-electron chi connectivity index (χ1n) is 20.6. The fourth-order valence-corrected chi connectivity index (χ4v) is 17.0. The summed E-state index contributed by atoms with van der Waals surface area (Å²) in [6, 6.07) is 81.5. The summed E-state index contributed by atoms with van der Waals surface area (Å²) in [4.78, 5) is 0.154. The second kappa shape index (κ2) is 22.4. The minimum Gasteiger partial charge on any atom is -0.366 e. The standard InChI is InChI=1S/C27H26P2.2C16H9.2Au/c1-27(2,28(23-15-7-3-8-16-23)24-17-9-4-10-18-24)29(25-19-11-5-12-20-25)26-21-13-6-14-22-26;2*1-2-14-15-9-5-3-7-12(15)11-13-8-4-6-10-16(13)14;;/h3-22H,1-2H3;2*3-11H;;/q;2*-1;2*+1/p+2. The third-order valence-corrected chi connectivity index (χ3v) is 18.9. The molecule has 312 valence electrons. The number of hydrogen-bond donors (Lipinski definition) is 0. The van der Waals surface area contributed by atoms with Crippen LogP contribution in [0.25, 0.3) is 43.1 Å². The molecule has 0 atom stereocenters. The van der Waals surface area contributed by atoms with Crippen LogP contribution in [0.15, 0.2) is 231 Å². The molecule has 0 aliphatic rings. The molecule has 0 spiro atoms. The van der Waals surface area contributed by atoms with Crippen LogP contribution in [-0.4, -0.2) is 4.90 Å². The molecule has 0 fully saturated rings. The van der Waals surface area contributed by atoms with Crippen LogP contribution in [0.1, 0.15) is 25.0 Å². The van der Waals surface area contributed by atoms with Crippen LogP contribution in [-0.2, 0) is 44.8 Å². The zero-order valence-corrected chi connectivity index (χ0v) is 41.4. The van der Waals surface area contributed by atoms with Crippen molar-refractivity contribution >= 4 is 80.2 Å². The molecule has 10 rings (SSSR count). The van der Waals surface area contributed by atoms with E-state index in [4.69, 9.17) is 12.8 Å². The minimum atomic E-state index is -1.02. The Balaban J connectivity index is 0.000000166. The van der Waals surface area contributed by atoms with Gasteiger partial charge < -0.3 is 12.8 Å². The maximum absolute atomic E-state index is 7.46. The van der Waals surface area contributed by atoms with Gasteiger partial charge in [0.15, 0.2) is 4.90 Å². The average molecular weight is 1210 g/mol. The molecule has 4 heteroatoms.